The first-order valence-corrected chi connectivity index (χ1v) is 3.70. The van der Waals surface area contributed by atoms with Gasteiger partial charge in [-0.3, -0.25) is 0 Å². The van der Waals surface area contributed by atoms with Crippen LogP contribution in [-0.4, -0.2) is 18.2 Å². The van der Waals surface area contributed by atoms with Gasteiger partial charge in [0.15, 0.2) is 0 Å². The summed E-state index contributed by atoms with van der Waals surface area (Å²) in [5.74, 6) is -0.731. The van der Waals surface area contributed by atoms with E-state index in [0.29, 0.717) is 0 Å². The average Bonchev–Trinajstić information content (AvgIpc) is 2.38. The molecule has 0 heterocycles. The first-order chi connectivity index (χ1) is 5.19. The summed E-state index contributed by atoms with van der Waals surface area (Å²) < 4.78 is 17.9. The SMILES string of the molecule is CCOC(=O)C1(F)CC=CC1. The highest BCUT2D eigenvalue weighted by molar-refractivity contribution is 5.80. The molecular formula is C8H11FO2. The first kappa shape index (κ1) is 8.24. The molecule has 0 bridgehead atoms. The summed E-state index contributed by atoms with van der Waals surface area (Å²) in [4.78, 5) is 10.9. The van der Waals surface area contributed by atoms with E-state index in [4.69, 9.17) is 0 Å². The average molecular weight is 158 g/mol. The van der Waals surface area contributed by atoms with Crippen LogP contribution in [0.3, 0.4) is 0 Å². The number of hydrogen-bond acceptors (Lipinski definition) is 2. The van der Waals surface area contributed by atoms with Gasteiger partial charge in [-0.25, -0.2) is 9.18 Å². The van der Waals surface area contributed by atoms with E-state index in [0.717, 1.165) is 0 Å². The molecule has 1 rings (SSSR count). The highest BCUT2D eigenvalue weighted by Crippen LogP contribution is 2.29. The summed E-state index contributed by atoms with van der Waals surface area (Å²) in [7, 11) is 0. The quantitative estimate of drug-likeness (QED) is 0.450. The topological polar surface area (TPSA) is 26.3 Å². The number of hydrogen-bond donors (Lipinski definition) is 0. The highest BCUT2D eigenvalue weighted by Gasteiger charge is 2.40. The van der Waals surface area contributed by atoms with Crippen LogP contribution in [0.15, 0.2) is 12.2 Å². The molecule has 0 aliphatic heterocycles. The fourth-order valence-corrected chi connectivity index (χ4v) is 1.05. The molecule has 0 fully saturated rings. The molecule has 11 heavy (non-hydrogen) atoms. The molecule has 0 unspecified atom stereocenters. The Labute approximate surface area is 65.0 Å². The van der Waals surface area contributed by atoms with Crippen molar-refractivity contribution in [1.82, 2.24) is 0 Å². The van der Waals surface area contributed by atoms with Gasteiger partial charge in [-0.2, -0.15) is 0 Å². The maximum atomic E-state index is 13.4. The Morgan fingerprint density at radius 3 is 2.64 bits per heavy atom. The number of rotatable bonds is 2. The van der Waals surface area contributed by atoms with Crippen molar-refractivity contribution in [2.75, 3.05) is 6.61 Å². The van der Waals surface area contributed by atoms with E-state index in [1.807, 2.05) is 0 Å². The van der Waals surface area contributed by atoms with Gasteiger partial charge >= 0.3 is 5.97 Å². The predicted molar refractivity (Wildman–Crippen MR) is 38.8 cm³/mol. The van der Waals surface area contributed by atoms with Crippen LogP contribution in [0.4, 0.5) is 4.39 Å². The minimum Gasteiger partial charge on any atom is -0.464 e. The molecule has 0 aromatic carbocycles. The summed E-state index contributed by atoms with van der Waals surface area (Å²) in [6.07, 6.45) is 3.64. The van der Waals surface area contributed by atoms with Gasteiger partial charge in [0.25, 0.3) is 0 Å². The van der Waals surface area contributed by atoms with E-state index >= 15 is 0 Å². The Morgan fingerprint density at radius 2 is 2.18 bits per heavy atom. The van der Waals surface area contributed by atoms with Crippen molar-refractivity contribution >= 4 is 5.97 Å². The van der Waals surface area contributed by atoms with Gasteiger partial charge < -0.3 is 4.74 Å². The molecule has 0 aromatic rings. The van der Waals surface area contributed by atoms with Crippen LogP contribution in [0.2, 0.25) is 0 Å². The van der Waals surface area contributed by atoms with Crippen molar-refractivity contribution in [3.63, 3.8) is 0 Å². The second-order valence-corrected chi connectivity index (χ2v) is 2.57. The monoisotopic (exact) mass is 158 g/mol. The summed E-state index contributed by atoms with van der Waals surface area (Å²) in [6.45, 7) is 1.91. The van der Waals surface area contributed by atoms with Crippen LogP contribution >= 0.6 is 0 Å². The zero-order valence-corrected chi connectivity index (χ0v) is 6.47. The Kier molecular flexibility index (Phi) is 2.27. The Hall–Kier alpha value is -0.860. The maximum Gasteiger partial charge on any atom is 0.344 e. The van der Waals surface area contributed by atoms with Crippen LogP contribution in [-0.2, 0) is 9.53 Å². The number of halogens is 1. The Morgan fingerprint density at radius 1 is 1.64 bits per heavy atom. The lowest BCUT2D eigenvalue weighted by atomic mass is 10.0. The third-order valence-electron chi connectivity index (χ3n) is 1.69. The van der Waals surface area contributed by atoms with Crippen molar-refractivity contribution in [3.05, 3.63) is 12.2 Å². The van der Waals surface area contributed by atoms with Gasteiger partial charge in [-0.05, 0) is 6.92 Å². The fourth-order valence-electron chi connectivity index (χ4n) is 1.05. The number of allylic oxidation sites excluding steroid dienone is 2. The highest BCUT2D eigenvalue weighted by atomic mass is 19.1. The molecule has 0 N–H and O–H groups in total. The molecule has 0 saturated carbocycles. The van der Waals surface area contributed by atoms with Crippen molar-refractivity contribution in [3.8, 4) is 0 Å². The normalized spacial score (nSPS) is 20.2. The van der Waals surface area contributed by atoms with E-state index in [2.05, 4.69) is 4.74 Å². The molecule has 1 aliphatic rings. The number of ether oxygens (including phenoxy) is 1. The zero-order valence-electron chi connectivity index (χ0n) is 6.47. The summed E-state index contributed by atoms with van der Waals surface area (Å²) in [5.41, 5.74) is -1.77. The van der Waals surface area contributed by atoms with Crippen LogP contribution in [0.25, 0.3) is 0 Å². The maximum absolute atomic E-state index is 13.4. The molecule has 0 amide bonds. The zero-order chi connectivity index (χ0) is 8.32. The lowest BCUT2D eigenvalue weighted by Crippen LogP contribution is -2.32. The lowest BCUT2D eigenvalue weighted by Gasteiger charge is -2.15. The molecule has 0 atom stereocenters. The summed E-state index contributed by atoms with van der Waals surface area (Å²) >= 11 is 0. The smallest absolute Gasteiger partial charge is 0.344 e. The molecule has 1 aliphatic carbocycles. The number of carbonyl (C=O) groups is 1. The van der Waals surface area contributed by atoms with Crippen molar-refractivity contribution in [1.29, 1.82) is 0 Å². The van der Waals surface area contributed by atoms with Crippen molar-refractivity contribution in [2.45, 2.75) is 25.4 Å². The molecule has 0 spiro atoms. The fraction of sp³-hybridized carbons (Fsp3) is 0.625. The molecule has 2 nitrogen and oxygen atoms in total. The van der Waals surface area contributed by atoms with E-state index in [9.17, 15) is 9.18 Å². The molecule has 0 aromatic heterocycles. The minimum atomic E-state index is -1.77. The summed E-state index contributed by atoms with van der Waals surface area (Å²) in [6, 6.07) is 0. The molecular weight excluding hydrogens is 147 g/mol. The van der Waals surface area contributed by atoms with Crippen LogP contribution in [0, 0.1) is 0 Å². The largest absolute Gasteiger partial charge is 0.464 e. The van der Waals surface area contributed by atoms with Crippen LogP contribution in [0.5, 0.6) is 0 Å². The van der Waals surface area contributed by atoms with E-state index in [1.54, 1.807) is 19.1 Å². The van der Waals surface area contributed by atoms with Crippen molar-refractivity contribution < 1.29 is 13.9 Å². The van der Waals surface area contributed by atoms with Gasteiger partial charge in [0.1, 0.15) is 0 Å². The summed E-state index contributed by atoms with van der Waals surface area (Å²) in [5, 5.41) is 0. The Balaban J connectivity index is 2.51. The van der Waals surface area contributed by atoms with E-state index < -0.39 is 11.6 Å². The van der Waals surface area contributed by atoms with Gasteiger partial charge in [-0.15, -0.1) is 0 Å². The van der Waals surface area contributed by atoms with Gasteiger partial charge in [0.05, 0.1) is 6.61 Å². The predicted octanol–water partition coefficient (Wildman–Crippen LogP) is 1.61. The third-order valence-corrected chi connectivity index (χ3v) is 1.69. The minimum absolute atomic E-state index is 0.159. The van der Waals surface area contributed by atoms with Crippen molar-refractivity contribution in [2.24, 2.45) is 0 Å². The second kappa shape index (κ2) is 3.03. The van der Waals surface area contributed by atoms with Gasteiger partial charge in [0.2, 0.25) is 5.67 Å². The van der Waals surface area contributed by atoms with E-state index in [-0.39, 0.29) is 19.4 Å². The lowest BCUT2D eigenvalue weighted by molar-refractivity contribution is -0.156. The van der Waals surface area contributed by atoms with E-state index in [1.165, 1.54) is 0 Å². The van der Waals surface area contributed by atoms with Crippen LogP contribution < -0.4 is 0 Å². The number of carbonyl (C=O) groups excluding carboxylic acids is 1. The standard InChI is InChI=1S/C8H11FO2/c1-2-11-7(10)8(9)5-3-4-6-8/h3-4H,2,5-6H2,1H3. The molecule has 62 valence electrons. The van der Waals surface area contributed by atoms with Gasteiger partial charge in [-0.1, -0.05) is 12.2 Å². The van der Waals surface area contributed by atoms with Gasteiger partial charge in [0, 0.05) is 12.8 Å². The second-order valence-electron chi connectivity index (χ2n) is 2.57. The molecule has 3 heteroatoms. The first-order valence-electron chi connectivity index (χ1n) is 3.70. The molecule has 0 saturated heterocycles. The molecule has 0 radical (unpaired) electrons. The third kappa shape index (κ3) is 1.59. The number of esters is 1. The Bertz CT molecular complexity index is 179. The number of alkyl halides is 1. The van der Waals surface area contributed by atoms with Crippen LogP contribution in [0.1, 0.15) is 19.8 Å².